The van der Waals surface area contributed by atoms with Crippen molar-refractivity contribution in [2.24, 2.45) is 0 Å². The van der Waals surface area contributed by atoms with Gasteiger partial charge in [-0.3, -0.25) is 0 Å². The van der Waals surface area contributed by atoms with E-state index >= 15 is 0 Å². The van der Waals surface area contributed by atoms with Crippen LogP contribution in [0.3, 0.4) is 0 Å². The van der Waals surface area contributed by atoms with Crippen LogP contribution < -0.4 is 4.74 Å². The van der Waals surface area contributed by atoms with Gasteiger partial charge in [0.05, 0.1) is 19.8 Å². The average Bonchev–Trinajstić information content (AvgIpc) is 3.04. The fourth-order valence-corrected chi connectivity index (χ4v) is 3.28. The van der Waals surface area contributed by atoms with Crippen LogP contribution >= 0.6 is 0 Å². The minimum Gasteiger partial charge on any atom is -0.462 e. The Kier molecular flexibility index (Phi) is 7.45. The Labute approximate surface area is 173 Å². The largest absolute Gasteiger partial charge is 0.462 e. The first-order valence-electron chi connectivity index (χ1n) is 9.59. The van der Waals surface area contributed by atoms with Gasteiger partial charge in [-0.1, -0.05) is 18.2 Å². The molecule has 0 saturated carbocycles. The van der Waals surface area contributed by atoms with Crippen LogP contribution in [-0.2, 0) is 20.6 Å². The number of ether oxygens (including phenoxy) is 4. The summed E-state index contributed by atoms with van der Waals surface area (Å²) in [7, 11) is 0. The Morgan fingerprint density at radius 1 is 1.07 bits per heavy atom. The standard InChI is InChI=1S/C20H28O10/c1-2-3-11-4-6-12(7-5-11)29-18-16(24)15(23)14(22)13(30-18)8-27-19-17(25)20(26,9-21)10-28-19/h2,4-7,13-19,21-26H,1,3,8-10H2/t13-,14-,15+,16-,17-,18-,19-,20+/m1/s1. The Balaban J connectivity index is 1.61. The van der Waals surface area contributed by atoms with Crippen molar-refractivity contribution in [1.29, 1.82) is 0 Å². The van der Waals surface area contributed by atoms with Crippen LogP contribution in [0.4, 0.5) is 0 Å². The zero-order chi connectivity index (χ0) is 21.9. The molecule has 2 fully saturated rings. The summed E-state index contributed by atoms with van der Waals surface area (Å²) in [4.78, 5) is 0. The predicted octanol–water partition coefficient (Wildman–Crippen LogP) is -1.94. The van der Waals surface area contributed by atoms with Gasteiger partial charge >= 0.3 is 0 Å². The molecule has 0 aromatic heterocycles. The molecule has 1 aromatic rings. The fourth-order valence-electron chi connectivity index (χ4n) is 3.28. The van der Waals surface area contributed by atoms with Crippen LogP contribution in [0.1, 0.15) is 5.56 Å². The second kappa shape index (κ2) is 9.69. The van der Waals surface area contributed by atoms with E-state index in [9.17, 15) is 25.5 Å². The van der Waals surface area contributed by atoms with Gasteiger partial charge in [0.1, 0.15) is 41.9 Å². The molecule has 2 heterocycles. The van der Waals surface area contributed by atoms with Crippen LogP contribution in [0.15, 0.2) is 36.9 Å². The smallest absolute Gasteiger partial charge is 0.229 e. The summed E-state index contributed by atoms with van der Waals surface area (Å²) in [6.45, 7) is 2.28. The van der Waals surface area contributed by atoms with Crippen molar-refractivity contribution in [3.8, 4) is 5.75 Å². The molecule has 10 heteroatoms. The highest BCUT2D eigenvalue weighted by Crippen LogP contribution is 2.28. The van der Waals surface area contributed by atoms with Crippen molar-refractivity contribution in [3.05, 3.63) is 42.5 Å². The normalized spacial score (nSPS) is 39.1. The maximum Gasteiger partial charge on any atom is 0.229 e. The summed E-state index contributed by atoms with van der Waals surface area (Å²) < 4.78 is 21.7. The molecule has 10 nitrogen and oxygen atoms in total. The zero-order valence-corrected chi connectivity index (χ0v) is 16.3. The molecule has 30 heavy (non-hydrogen) atoms. The molecule has 0 spiro atoms. The molecule has 0 radical (unpaired) electrons. The van der Waals surface area contributed by atoms with Crippen LogP contribution in [-0.4, -0.2) is 99.2 Å². The van der Waals surface area contributed by atoms with E-state index in [4.69, 9.17) is 24.1 Å². The number of allylic oxidation sites excluding steroid dienone is 1. The van der Waals surface area contributed by atoms with Gasteiger partial charge < -0.3 is 49.6 Å². The molecule has 6 N–H and O–H groups in total. The van der Waals surface area contributed by atoms with Gasteiger partial charge in [0, 0.05) is 0 Å². The van der Waals surface area contributed by atoms with Crippen LogP contribution in [0, 0.1) is 0 Å². The molecule has 0 aliphatic carbocycles. The second-order valence-electron chi connectivity index (χ2n) is 7.49. The second-order valence-corrected chi connectivity index (χ2v) is 7.49. The summed E-state index contributed by atoms with van der Waals surface area (Å²) in [6, 6.07) is 6.99. The third-order valence-electron chi connectivity index (χ3n) is 5.23. The highest BCUT2D eigenvalue weighted by molar-refractivity contribution is 5.28. The molecule has 2 aliphatic heterocycles. The van der Waals surface area contributed by atoms with Crippen molar-refractivity contribution in [3.63, 3.8) is 0 Å². The van der Waals surface area contributed by atoms with E-state index in [2.05, 4.69) is 6.58 Å². The third kappa shape index (κ3) is 4.83. The lowest BCUT2D eigenvalue weighted by Gasteiger charge is -2.40. The maximum absolute atomic E-state index is 10.2. The first-order chi connectivity index (χ1) is 14.3. The molecule has 2 saturated heterocycles. The molecule has 2 aliphatic rings. The summed E-state index contributed by atoms with van der Waals surface area (Å²) in [6.07, 6.45) is -7.31. The molecule has 3 rings (SSSR count). The van der Waals surface area contributed by atoms with Gasteiger partial charge in [0.2, 0.25) is 6.29 Å². The van der Waals surface area contributed by atoms with Gasteiger partial charge in [-0.15, -0.1) is 6.58 Å². The van der Waals surface area contributed by atoms with Crippen LogP contribution in [0.5, 0.6) is 5.75 Å². The van der Waals surface area contributed by atoms with E-state index in [-0.39, 0.29) is 13.2 Å². The third-order valence-corrected chi connectivity index (χ3v) is 5.23. The van der Waals surface area contributed by atoms with Crippen LogP contribution in [0.2, 0.25) is 0 Å². The van der Waals surface area contributed by atoms with Gasteiger partial charge in [-0.2, -0.15) is 0 Å². The Bertz CT molecular complexity index is 697. The first kappa shape index (κ1) is 23.1. The summed E-state index contributed by atoms with van der Waals surface area (Å²) >= 11 is 0. The van der Waals surface area contributed by atoms with Crippen molar-refractivity contribution < 1.29 is 49.6 Å². The molecule has 168 valence electrons. The highest BCUT2D eigenvalue weighted by atomic mass is 16.7. The van der Waals surface area contributed by atoms with E-state index in [0.717, 1.165) is 5.56 Å². The first-order valence-corrected chi connectivity index (χ1v) is 9.59. The molecular weight excluding hydrogens is 400 g/mol. The monoisotopic (exact) mass is 428 g/mol. The van der Waals surface area contributed by atoms with E-state index in [0.29, 0.717) is 12.2 Å². The van der Waals surface area contributed by atoms with Crippen molar-refractivity contribution in [2.45, 2.75) is 55.1 Å². The lowest BCUT2D eigenvalue weighted by atomic mass is 9.99. The zero-order valence-electron chi connectivity index (χ0n) is 16.3. The van der Waals surface area contributed by atoms with E-state index < -0.39 is 55.3 Å². The highest BCUT2D eigenvalue weighted by Gasteiger charge is 2.50. The number of aliphatic hydroxyl groups excluding tert-OH is 5. The lowest BCUT2D eigenvalue weighted by Crippen LogP contribution is -2.60. The molecule has 0 bridgehead atoms. The van der Waals surface area contributed by atoms with Gasteiger partial charge in [0.15, 0.2) is 6.29 Å². The fraction of sp³-hybridized carbons (Fsp3) is 0.600. The summed E-state index contributed by atoms with van der Waals surface area (Å²) in [5.41, 5.74) is -0.835. The predicted molar refractivity (Wildman–Crippen MR) is 101 cm³/mol. The minimum atomic E-state index is -1.85. The average molecular weight is 428 g/mol. The number of benzene rings is 1. The van der Waals surface area contributed by atoms with Crippen molar-refractivity contribution in [2.75, 3.05) is 19.8 Å². The number of rotatable bonds is 8. The Morgan fingerprint density at radius 3 is 2.37 bits per heavy atom. The quantitative estimate of drug-likeness (QED) is 0.257. The van der Waals surface area contributed by atoms with Crippen molar-refractivity contribution >= 4 is 0 Å². The number of aliphatic hydroxyl groups is 6. The molecular formula is C20H28O10. The topological polar surface area (TPSA) is 158 Å². The number of hydrogen-bond acceptors (Lipinski definition) is 10. The SMILES string of the molecule is C=CCc1ccc(O[C@@H]2O[C@H](CO[C@@H]3OC[C@@](O)(CO)[C@@H]3O)[C@@H](O)[C@H](O)[C@H]2O)cc1. The van der Waals surface area contributed by atoms with E-state index in [1.807, 2.05) is 12.1 Å². The van der Waals surface area contributed by atoms with Gasteiger partial charge in [-0.25, -0.2) is 0 Å². The molecule has 8 atom stereocenters. The molecule has 1 aromatic carbocycles. The minimum absolute atomic E-state index is 0.335. The van der Waals surface area contributed by atoms with Crippen molar-refractivity contribution in [1.82, 2.24) is 0 Å². The Hall–Kier alpha value is -1.60. The molecule has 0 unspecified atom stereocenters. The van der Waals surface area contributed by atoms with Gasteiger partial charge in [-0.05, 0) is 24.1 Å². The summed E-state index contributed by atoms with van der Waals surface area (Å²) in [5.74, 6) is 0.387. The molecule has 0 amide bonds. The lowest BCUT2D eigenvalue weighted by molar-refractivity contribution is -0.289. The van der Waals surface area contributed by atoms with E-state index in [1.54, 1.807) is 18.2 Å². The maximum atomic E-state index is 10.2. The van der Waals surface area contributed by atoms with E-state index in [1.165, 1.54) is 0 Å². The Morgan fingerprint density at radius 2 is 1.77 bits per heavy atom. The summed E-state index contributed by atoms with van der Waals surface area (Å²) in [5, 5.41) is 59.7. The van der Waals surface area contributed by atoms with Gasteiger partial charge in [0.25, 0.3) is 0 Å². The van der Waals surface area contributed by atoms with Crippen LogP contribution in [0.25, 0.3) is 0 Å². The number of hydrogen-bond donors (Lipinski definition) is 6.